The highest BCUT2D eigenvalue weighted by Gasteiger charge is 2.10. The van der Waals surface area contributed by atoms with Gasteiger partial charge in [-0.15, -0.1) is 5.10 Å². The molecule has 11 heavy (non-hydrogen) atoms. The van der Waals surface area contributed by atoms with Gasteiger partial charge in [0.05, 0.1) is 21.5 Å². The molecule has 0 amide bonds. The molecule has 8 heteroatoms. The van der Waals surface area contributed by atoms with Gasteiger partial charge in [-0.2, -0.15) is 3.71 Å². The first-order chi connectivity index (χ1) is 5.29. The molecular formula is C3H3Br2N5O. The molecule has 1 rings (SSSR count). The fraction of sp³-hybridized carbons (Fsp3) is 0.333. The van der Waals surface area contributed by atoms with E-state index in [4.69, 9.17) is 5.21 Å². The van der Waals surface area contributed by atoms with E-state index >= 15 is 0 Å². The fourth-order valence-electron chi connectivity index (χ4n) is 0.472. The van der Waals surface area contributed by atoms with Crippen molar-refractivity contribution in [2.24, 2.45) is 5.16 Å². The number of halogens is 2. The van der Waals surface area contributed by atoms with E-state index < -0.39 is 0 Å². The Bertz CT molecular complexity index is 270. The normalized spacial score (nSPS) is 12.0. The third-order valence-corrected chi connectivity index (χ3v) is 1.95. The molecule has 0 aliphatic rings. The summed E-state index contributed by atoms with van der Waals surface area (Å²) in [5.41, 5.74) is 0.354. The molecule has 0 fully saturated rings. The molecule has 1 aromatic rings. The summed E-state index contributed by atoms with van der Waals surface area (Å²) in [5.74, 6) is 0.365. The topological polar surface area (TPSA) is 76.2 Å². The van der Waals surface area contributed by atoms with Gasteiger partial charge in [-0.3, -0.25) is 0 Å². The number of hydrogen-bond acceptors (Lipinski definition) is 5. The van der Waals surface area contributed by atoms with E-state index in [9.17, 15) is 0 Å². The van der Waals surface area contributed by atoms with Gasteiger partial charge in [0, 0.05) is 0 Å². The molecule has 0 radical (unpaired) electrons. The molecule has 0 saturated heterocycles. The highest BCUT2D eigenvalue weighted by Crippen LogP contribution is 2.00. The fourth-order valence-corrected chi connectivity index (χ4v) is 1.17. The Morgan fingerprint density at radius 1 is 1.73 bits per heavy atom. The number of nitrogens with zero attached hydrogens (tertiary/aromatic N) is 5. The van der Waals surface area contributed by atoms with Crippen LogP contribution in [-0.4, -0.2) is 35.5 Å². The van der Waals surface area contributed by atoms with E-state index in [0.717, 1.165) is 0 Å². The van der Waals surface area contributed by atoms with Crippen molar-refractivity contribution in [1.29, 1.82) is 0 Å². The highest BCUT2D eigenvalue weighted by atomic mass is 79.9. The van der Waals surface area contributed by atoms with Crippen molar-refractivity contribution in [3.63, 3.8) is 0 Å². The van der Waals surface area contributed by atoms with E-state index in [1.54, 1.807) is 0 Å². The molecule has 0 bridgehead atoms. The van der Waals surface area contributed by atoms with Gasteiger partial charge in [-0.05, 0) is 10.4 Å². The summed E-state index contributed by atoms with van der Waals surface area (Å²) >= 11 is 6.13. The Morgan fingerprint density at radius 2 is 2.45 bits per heavy atom. The molecule has 0 spiro atoms. The van der Waals surface area contributed by atoms with Crippen LogP contribution in [0.1, 0.15) is 5.82 Å². The number of oxime groups is 1. The number of alkyl halides is 1. The number of hydrogen-bond donors (Lipinski definition) is 1. The summed E-state index contributed by atoms with van der Waals surface area (Å²) in [5, 5.41) is 22.2. The zero-order valence-electron chi connectivity index (χ0n) is 5.15. The van der Waals surface area contributed by atoms with Crippen molar-refractivity contribution < 1.29 is 5.21 Å². The highest BCUT2D eigenvalue weighted by molar-refractivity contribution is 9.09. The van der Waals surface area contributed by atoms with Crippen LogP contribution in [0.4, 0.5) is 0 Å². The zero-order valence-corrected chi connectivity index (χ0v) is 8.32. The molecule has 0 aromatic carbocycles. The second-order valence-corrected chi connectivity index (χ2v) is 2.78. The van der Waals surface area contributed by atoms with Crippen molar-refractivity contribution in [1.82, 2.24) is 19.2 Å². The van der Waals surface area contributed by atoms with Crippen LogP contribution in [0.15, 0.2) is 5.16 Å². The average Bonchev–Trinajstić information content (AvgIpc) is 2.40. The zero-order chi connectivity index (χ0) is 8.27. The van der Waals surface area contributed by atoms with Crippen LogP contribution in [-0.2, 0) is 0 Å². The molecule has 6 nitrogen and oxygen atoms in total. The summed E-state index contributed by atoms with van der Waals surface area (Å²) < 4.78 is 1.24. The van der Waals surface area contributed by atoms with E-state index in [2.05, 4.69) is 52.8 Å². The second kappa shape index (κ2) is 3.77. The van der Waals surface area contributed by atoms with Crippen molar-refractivity contribution in [3.8, 4) is 0 Å². The van der Waals surface area contributed by atoms with Gasteiger partial charge in [0.25, 0.3) is 0 Å². The lowest BCUT2D eigenvalue weighted by Gasteiger charge is -1.93. The largest absolute Gasteiger partial charge is 0.411 e. The molecule has 1 N–H and O–H groups in total. The number of aromatic nitrogens is 4. The molecule has 0 saturated carbocycles. The van der Waals surface area contributed by atoms with Crippen LogP contribution in [0.5, 0.6) is 0 Å². The smallest absolute Gasteiger partial charge is 0.212 e. The van der Waals surface area contributed by atoms with E-state index in [0.29, 0.717) is 16.9 Å². The molecule has 0 unspecified atom stereocenters. The first kappa shape index (κ1) is 8.60. The lowest BCUT2D eigenvalue weighted by Crippen LogP contribution is -2.07. The molecular weight excluding hydrogens is 282 g/mol. The standard InChI is InChI=1S/C3H3Br2N5O/c4-1-2(7-11)3-6-8-9-10(3)5/h11H,1H2/b7-2+. The molecule has 0 aliphatic carbocycles. The first-order valence-corrected chi connectivity index (χ1v) is 4.34. The minimum Gasteiger partial charge on any atom is -0.411 e. The van der Waals surface area contributed by atoms with Crippen molar-refractivity contribution in [2.45, 2.75) is 0 Å². The maximum absolute atomic E-state index is 8.45. The van der Waals surface area contributed by atoms with Gasteiger partial charge >= 0.3 is 0 Å². The molecule has 1 aromatic heterocycles. The molecule has 0 aliphatic heterocycles. The maximum atomic E-state index is 8.45. The van der Waals surface area contributed by atoms with Gasteiger partial charge < -0.3 is 5.21 Å². The van der Waals surface area contributed by atoms with Crippen LogP contribution in [0.25, 0.3) is 0 Å². The summed E-state index contributed by atoms with van der Waals surface area (Å²) in [6, 6.07) is 0. The quantitative estimate of drug-likeness (QED) is 0.369. The Hall–Kier alpha value is -0.500. The molecule has 60 valence electrons. The second-order valence-electron chi connectivity index (χ2n) is 1.54. The Labute approximate surface area is 78.7 Å². The summed E-state index contributed by atoms with van der Waals surface area (Å²) in [4.78, 5) is 0. The van der Waals surface area contributed by atoms with Gasteiger partial charge in [0.15, 0.2) is 0 Å². The summed E-state index contributed by atoms with van der Waals surface area (Å²) in [6.07, 6.45) is 0. The Morgan fingerprint density at radius 3 is 2.82 bits per heavy atom. The predicted molar refractivity (Wildman–Crippen MR) is 44.3 cm³/mol. The Balaban J connectivity index is 3.00. The summed E-state index contributed by atoms with van der Waals surface area (Å²) in [6.45, 7) is 0. The van der Waals surface area contributed by atoms with Crippen LogP contribution in [0.3, 0.4) is 0 Å². The predicted octanol–water partition coefficient (Wildman–Crippen LogP) is 0.404. The van der Waals surface area contributed by atoms with Crippen molar-refractivity contribution >= 4 is 37.8 Å². The molecule has 1 heterocycles. The van der Waals surface area contributed by atoms with Gasteiger partial charge in [0.1, 0.15) is 5.71 Å². The minimum absolute atomic E-state index is 0.354. The Kier molecular flexibility index (Phi) is 2.94. The average molecular weight is 285 g/mol. The summed E-state index contributed by atoms with van der Waals surface area (Å²) in [7, 11) is 0. The van der Waals surface area contributed by atoms with E-state index in [-0.39, 0.29) is 0 Å². The SMILES string of the molecule is O/N=C(\CBr)c1nnnn1Br. The molecule has 0 atom stereocenters. The van der Waals surface area contributed by atoms with E-state index in [1.807, 2.05) is 0 Å². The maximum Gasteiger partial charge on any atom is 0.212 e. The van der Waals surface area contributed by atoms with Crippen LogP contribution >= 0.6 is 32.1 Å². The lowest BCUT2D eigenvalue weighted by atomic mass is 10.4. The third kappa shape index (κ3) is 1.74. The lowest BCUT2D eigenvalue weighted by molar-refractivity contribution is 0.319. The third-order valence-electron chi connectivity index (χ3n) is 0.938. The monoisotopic (exact) mass is 283 g/mol. The minimum atomic E-state index is 0.354. The van der Waals surface area contributed by atoms with Crippen LogP contribution in [0.2, 0.25) is 0 Å². The van der Waals surface area contributed by atoms with Gasteiger partial charge in [-0.25, -0.2) is 0 Å². The van der Waals surface area contributed by atoms with Crippen molar-refractivity contribution in [3.05, 3.63) is 5.82 Å². The van der Waals surface area contributed by atoms with Gasteiger partial charge in [0.2, 0.25) is 5.82 Å². The number of rotatable bonds is 2. The van der Waals surface area contributed by atoms with Crippen LogP contribution < -0.4 is 0 Å². The van der Waals surface area contributed by atoms with Crippen LogP contribution in [0, 0.1) is 0 Å². The number of tetrazole rings is 1. The van der Waals surface area contributed by atoms with Crippen molar-refractivity contribution in [2.75, 3.05) is 5.33 Å². The van der Waals surface area contributed by atoms with Gasteiger partial charge in [-0.1, -0.05) is 21.1 Å². The first-order valence-electron chi connectivity index (χ1n) is 2.51. The van der Waals surface area contributed by atoms with E-state index in [1.165, 1.54) is 3.71 Å².